The normalized spacial score (nSPS) is 21.8. The maximum Gasteiger partial charge on any atom is 0.123 e. The van der Waals surface area contributed by atoms with Crippen LogP contribution in [0.2, 0.25) is 0 Å². The first-order valence-corrected chi connectivity index (χ1v) is 7.28. The predicted molar refractivity (Wildman–Crippen MR) is 65.5 cm³/mol. The summed E-state index contributed by atoms with van der Waals surface area (Å²) in [5.41, 5.74) is 1.14. The minimum absolute atomic E-state index is 0.226. The number of thioether (sulfide) groups is 1. The van der Waals surface area contributed by atoms with E-state index >= 15 is 0 Å². The molecule has 0 spiro atoms. The Hall–Kier alpha value is -0.100. The van der Waals surface area contributed by atoms with Crippen molar-refractivity contribution in [1.29, 1.82) is 0 Å². The fourth-order valence-electron chi connectivity index (χ4n) is 1.44. The summed E-state index contributed by atoms with van der Waals surface area (Å²) in [6.45, 7) is 4.82. The van der Waals surface area contributed by atoms with Crippen molar-refractivity contribution in [2.24, 2.45) is 0 Å². The highest BCUT2D eigenvalue weighted by atomic mass is 32.2. The first-order valence-electron chi connectivity index (χ1n) is 5.24. The fraction of sp³-hybridized carbons (Fsp3) is 0.700. The third-order valence-electron chi connectivity index (χ3n) is 2.22. The molecule has 0 bridgehead atoms. The molecule has 84 valence electrons. The maximum atomic E-state index is 5.69. The van der Waals surface area contributed by atoms with Crippen LogP contribution >= 0.6 is 23.1 Å². The van der Waals surface area contributed by atoms with Crippen molar-refractivity contribution in [3.8, 4) is 0 Å². The van der Waals surface area contributed by atoms with Crippen LogP contribution in [0.4, 0.5) is 0 Å². The highest BCUT2D eigenvalue weighted by Gasteiger charge is 2.19. The Labute approximate surface area is 98.6 Å². The largest absolute Gasteiger partial charge is 0.369 e. The van der Waals surface area contributed by atoms with Crippen LogP contribution in [0.15, 0.2) is 5.38 Å². The molecule has 15 heavy (non-hydrogen) atoms. The Kier molecular flexibility index (Phi) is 4.43. The first-order chi connectivity index (χ1) is 7.40. The van der Waals surface area contributed by atoms with E-state index < -0.39 is 0 Å². The lowest BCUT2D eigenvalue weighted by Crippen LogP contribution is -2.16. The monoisotopic (exact) mass is 244 g/mol. The quantitative estimate of drug-likeness (QED) is 0.879. The van der Waals surface area contributed by atoms with Crippen molar-refractivity contribution in [2.45, 2.75) is 19.6 Å². The Balaban J connectivity index is 1.93. The van der Waals surface area contributed by atoms with E-state index in [0.29, 0.717) is 0 Å². The van der Waals surface area contributed by atoms with Crippen molar-refractivity contribution in [1.82, 2.24) is 10.3 Å². The van der Waals surface area contributed by atoms with Crippen LogP contribution in [0, 0.1) is 0 Å². The molecule has 5 heteroatoms. The van der Waals surface area contributed by atoms with Crippen molar-refractivity contribution < 1.29 is 4.74 Å². The van der Waals surface area contributed by atoms with Crippen molar-refractivity contribution in [3.05, 3.63) is 16.1 Å². The second-order valence-electron chi connectivity index (χ2n) is 3.39. The molecular formula is C10H16N2OS2. The topological polar surface area (TPSA) is 34.1 Å². The summed E-state index contributed by atoms with van der Waals surface area (Å²) in [5, 5.41) is 6.54. The molecular weight excluding hydrogens is 228 g/mol. The van der Waals surface area contributed by atoms with E-state index in [1.54, 1.807) is 11.3 Å². The van der Waals surface area contributed by atoms with Gasteiger partial charge >= 0.3 is 0 Å². The summed E-state index contributed by atoms with van der Waals surface area (Å²) in [4.78, 5) is 4.59. The van der Waals surface area contributed by atoms with E-state index in [1.165, 1.54) is 0 Å². The SMILES string of the molecule is CCNCc1csc(C2CSCCO2)n1. The molecule has 1 aliphatic heterocycles. The molecule has 0 aromatic carbocycles. The highest BCUT2D eigenvalue weighted by Crippen LogP contribution is 2.28. The standard InChI is InChI=1S/C10H16N2OS2/c1-2-11-5-8-6-15-10(12-8)9-7-14-4-3-13-9/h6,9,11H,2-5,7H2,1H3. The van der Waals surface area contributed by atoms with Crippen LogP contribution in [-0.2, 0) is 11.3 Å². The number of nitrogens with zero attached hydrogens (tertiary/aromatic N) is 1. The van der Waals surface area contributed by atoms with Crippen LogP contribution in [0.5, 0.6) is 0 Å². The summed E-state index contributed by atoms with van der Waals surface area (Å²) in [7, 11) is 0. The summed E-state index contributed by atoms with van der Waals surface area (Å²) >= 11 is 3.67. The second-order valence-corrected chi connectivity index (χ2v) is 5.43. The molecule has 0 radical (unpaired) electrons. The molecule has 1 fully saturated rings. The number of rotatable bonds is 4. The Bertz CT molecular complexity index is 297. The Morgan fingerprint density at radius 3 is 3.33 bits per heavy atom. The highest BCUT2D eigenvalue weighted by molar-refractivity contribution is 7.99. The average Bonchev–Trinajstić information content (AvgIpc) is 2.76. The van der Waals surface area contributed by atoms with Crippen LogP contribution < -0.4 is 5.32 Å². The molecule has 1 atom stereocenters. The zero-order chi connectivity index (χ0) is 10.5. The van der Waals surface area contributed by atoms with Crippen LogP contribution in [0.1, 0.15) is 23.7 Å². The number of thiazole rings is 1. The number of hydrogen-bond acceptors (Lipinski definition) is 5. The zero-order valence-corrected chi connectivity index (χ0v) is 10.5. The van der Waals surface area contributed by atoms with Crippen molar-refractivity contribution in [2.75, 3.05) is 24.7 Å². The van der Waals surface area contributed by atoms with Gasteiger partial charge in [0.2, 0.25) is 0 Å². The maximum absolute atomic E-state index is 5.69. The van der Waals surface area contributed by atoms with Gasteiger partial charge < -0.3 is 10.1 Å². The number of nitrogens with one attached hydrogen (secondary N) is 1. The van der Waals surface area contributed by atoms with Gasteiger partial charge in [-0.2, -0.15) is 11.8 Å². The molecule has 2 heterocycles. The van der Waals surface area contributed by atoms with Crippen LogP contribution in [0.25, 0.3) is 0 Å². The van der Waals surface area contributed by atoms with Crippen LogP contribution in [0.3, 0.4) is 0 Å². The molecule has 0 amide bonds. The third kappa shape index (κ3) is 3.17. The summed E-state index contributed by atoms with van der Waals surface area (Å²) in [6, 6.07) is 0. The van der Waals surface area contributed by atoms with Gasteiger partial charge in [-0.15, -0.1) is 11.3 Å². The molecule has 1 aromatic heterocycles. The number of aromatic nitrogens is 1. The molecule has 1 aromatic rings. The number of hydrogen-bond donors (Lipinski definition) is 1. The fourth-order valence-corrected chi connectivity index (χ4v) is 3.26. The lowest BCUT2D eigenvalue weighted by atomic mass is 10.4. The van der Waals surface area contributed by atoms with Crippen molar-refractivity contribution >= 4 is 23.1 Å². The van der Waals surface area contributed by atoms with E-state index in [0.717, 1.165) is 41.9 Å². The zero-order valence-electron chi connectivity index (χ0n) is 8.86. The lowest BCUT2D eigenvalue weighted by Gasteiger charge is -2.19. The van der Waals surface area contributed by atoms with Gasteiger partial charge in [0.15, 0.2) is 0 Å². The molecule has 2 rings (SSSR count). The molecule has 1 N–H and O–H groups in total. The minimum atomic E-state index is 0.226. The van der Waals surface area contributed by atoms with Gasteiger partial charge in [-0.1, -0.05) is 6.92 Å². The molecule has 0 saturated carbocycles. The summed E-state index contributed by atoms with van der Waals surface area (Å²) < 4.78 is 5.69. The van der Waals surface area contributed by atoms with Crippen molar-refractivity contribution in [3.63, 3.8) is 0 Å². The predicted octanol–water partition coefficient (Wildman–Crippen LogP) is 2.06. The average molecular weight is 244 g/mol. The van der Waals surface area contributed by atoms with Gasteiger partial charge in [0.1, 0.15) is 11.1 Å². The molecule has 1 unspecified atom stereocenters. The first kappa shape index (κ1) is 11.4. The lowest BCUT2D eigenvalue weighted by molar-refractivity contribution is 0.0754. The second kappa shape index (κ2) is 5.84. The van der Waals surface area contributed by atoms with Crippen LogP contribution in [-0.4, -0.2) is 29.6 Å². The molecule has 1 aliphatic rings. The van der Waals surface area contributed by atoms with E-state index in [4.69, 9.17) is 4.74 Å². The van der Waals surface area contributed by atoms with E-state index in [1.807, 2.05) is 11.8 Å². The van der Waals surface area contributed by atoms with E-state index in [-0.39, 0.29) is 6.10 Å². The van der Waals surface area contributed by atoms with E-state index in [9.17, 15) is 0 Å². The molecule has 0 aliphatic carbocycles. The van der Waals surface area contributed by atoms with Gasteiger partial charge in [-0.3, -0.25) is 0 Å². The Morgan fingerprint density at radius 2 is 2.60 bits per heavy atom. The third-order valence-corrected chi connectivity index (χ3v) is 4.20. The van der Waals surface area contributed by atoms with Gasteiger partial charge in [0.05, 0.1) is 12.3 Å². The van der Waals surface area contributed by atoms with Gasteiger partial charge in [-0.05, 0) is 6.54 Å². The van der Waals surface area contributed by atoms with Gasteiger partial charge in [-0.25, -0.2) is 4.98 Å². The minimum Gasteiger partial charge on any atom is -0.369 e. The van der Waals surface area contributed by atoms with E-state index in [2.05, 4.69) is 22.6 Å². The molecule has 3 nitrogen and oxygen atoms in total. The summed E-state index contributed by atoms with van der Waals surface area (Å²) in [6.07, 6.45) is 0.226. The summed E-state index contributed by atoms with van der Waals surface area (Å²) in [5.74, 6) is 2.17. The number of ether oxygens (including phenoxy) is 1. The van der Waals surface area contributed by atoms with Gasteiger partial charge in [0.25, 0.3) is 0 Å². The molecule has 1 saturated heterocycles. The smallest absolute Gasteiger partial charge is 0.123 e. The van der Waals surface area contributed by atoms with Gasteiger partial charge in [0, 0.05) is 23.4 Å². The Morgan fingerprint density at radius 1 is 1.67 bits per heavy atom.